The van der Waals surface area contributed by atoms with Crippen molar-refractivity contribution >= 4 is 17.6 Å². The van der Waals surface area contributed by atoms with Crippen LogP contribution in [0.2, 0.25) is 0 Å². The van der Waals surface area contributed by atoms with Crippen LogP contribution in [-0.2, 0) is 9.53 Å². The van der Waals surface area contributed by atoms with Crippen molar-refractivity contribution in [3.63, 3.8) is 0 Å². The Morgan fingerprint density at radius 1 is 1.12 bits per heavy atom. The van der Waals surface area contributed by atoms with Crippen molar-refractivity contribution in [1.82, 2.24) is 10.6 Å². The van der Waals surface area contributed by atoms with Crippen molar-refractivity contribution in [2.75, 3.05) is 13.7 Å². The highest BCUT2D eigenvalue weighted by molar-refractivity contribution is 6.05. The Morgan fingerprint density at radius 3 is 2.42 bits per heavy atom. The number of aliphatic imine (C=N–C) groups is 1. The van der Waals surface area contributed by atoms with Crippen molar-refractivity contribution in [2.24, 2.45) is 4.99 Å². The molecule has 1 aliphatic heterocycles. The Morgan fingerprint density at radius 2 is 1.81 bits per heavy atom. The predicted octanol–water partition coefficient (Wildman–Crippen LogP) is 3.19. The van der Waals surface area contributed by atoms with Gasteiger partial charge >= 0.3 is 5.97 Å². The number of hydrogen-bond acceptors (Lipinski definition) is 3. The molecule has 1 unspecified atom stereocenters. The lowest BCUT2D eigenvalue weighted by Gasteiger charge is -2.31. The number of nitrogens with one attached hydrogen (secondary N) is 2. The number of carbonyl (C=O) groups excluding carboxylic acids is 1. The third kappa shape index (κ3) is 3.61. The van der Waals surface area contributed by atoms with E-state index in [4.69, 9.17) is 4.74 Å². The Hall–Kier alpha value is -3.08. The lowest BCUT2D eigenvalue weighted by molar-refractivity contribution is -0.138. The summed E-state index contributed by atoms with van der Waals surface area (Å²) >= 11 is 0. The number of guanidine groups is 1. The average molecular weight is 349 g/mol. The largest absolute Gasteiger partial charge is 0.463 e. The number of nitrogens with zero attached hydrogens (tertiary/aromatic N) is 1. The van der Waals surface area contributed by atoms with Gasteiger partial charge in [-0.2, -0.15) is 0 Å². The molecule has 5 heteroatoms. The van der Waals surface area contributed by atoms with Gasteiger partial charge < -0.3 is 15.4 Å². The monoisotopic (exact) mass is 349 g/mol. The van der Waals surface area contributed by atoms with E-state index in [1.807, 2.05) is 68.4 Å². The smallest absolute Gasteiger partial charge is 0.338 e. The maximum atomic E-state index is 12.8. The minimum Gasteiger partial charge on any atom is -0.463 e. The minimum atomic E-state index is -0.343. The lowest BCUT2D eigenvalue weighted by atomic mass is 9.92. The summed E-state index contributed by atoms with van der Waals surface area (Å²) in [6, 6.07) is 17.5. The van der Waals surface area contributed by atoms with E-state index in [1.165, 1.54) is 0 Å². The first-order valence-electron chi connectivity index (χ1n) is 8.67. The summed E-state index contributed by atoms with van der Waals surface area (Å²) in [6.07, 6.45) is 0. The fourth-order valence-electron chi connectivity index (χ4n) is 2.97. The van der Waals surface area contributed by atoms with Gasteiger partial charge in [-0.3, -0.25) is 4.99 Å². The lowest BCUT2D eigenvalue weighted by Crippen LogP contribution is -2.46. The van der Waals surface area contributed by atoms with Crippen molar-refractivity contribution < 1.29 is 9.53 Å². The standard InChI is InChI=1S/C21H23N3O2/c1-4-26-20(25)17-18(15-8-6-5-7-9-15)23-21(22-3)24-19(17)16-12-10-14(2)11-13-16/h5-13,19H,4H2,1-3H3,(H2,22,23,24). The molecule has 26 heavy (non-hydrogen) atoms. The van der Waals surface area contributed by atoms with E-state index in [1.54, 1.807) is 7.05 Å². The molecular weight excluding hydrogens is 326 g/mol. The molecule has 0 aliphatic carbocycles. The van der Waals surface area contributed by atoms with Gasteiger partial charge in [-0.15, -0.1) is 0 Å². The zero-order valence-electron chi connectivity index (χ0n) is 15.2. The van der Waals surface area contributed by atoms with E-state index < -0.39 is 0 Å². The second-order valence-electron chi connectivity index (χ2n) is 6.06. The predicted molar refractivity (Wildman–Crippen MR) is 104 cm³/mol. The summed E-state index contributed by atoms with van der Waals surface area (Å²) in [4.78, 5) is 17.1. The molecule has 0 radical (unpaired) electrons. The first-order chi connectivity index (χ1) is 12.6. The average Bonchev–Trinajstić information content (AvgIpc) is 2.68. The fraction of sp³-hybridized carbons (Fsp3) is 0.238. The molecule has 0 saturated heterocycles. The maximum absolute atomic E-state index is 12.8. The zero-order valence-corrected chi connectivity index (χ0v) is 15.2. The van der Waals surface area contributed by atoms with E-state index in [9.17, 15) is 4.79 Å². The molecule has 0 saturated carbocycles. The minimum absolute atomic E-state index is 0.319. The molecule has 1 heterocycles. The van der Waals surface area contributed by atoms with Crippen LogP contribution in [0.25, 0.3) is 5.70 Å². The molecule has 1 atom stereocenters. The van der Waals surface area contributed by atoms with Gasteiger partial charge in [0.1, 0.15) is 0 Å². The van der Waals surface area contributed by atoms with Crippen LogP contribution < -0.4 is 10.6 Å². The first kappa shape index (κ1) is 17.7. The SMILES string of the molecule is CCOC(=O)C1=C(c2ccccc2)NC(=NC)NC1c1ccc(C)cc1. The number of benzene rings is 2. The number of ether oxygens (including phenoxy) is 1. The van der Waals surface area contributed by atoms with Crippen LogP contribution in [0.3, 0.4) is 0 Å². The van der Waals surface area contributed by atoms with Crippen LogP contribution in [0, 0.1) is 6.92 Å². The van der Waals surface area contributed by atoms with E-state index >= 15 is 0 Å². The van der Waals surface area contributed by atoms with Gasteiger partial charge in [0, 0.05) is 7.05 Å². The van der Waals surface area contributed by atoms with Crippen LogP contribution in [0.4, 0.5) is 0 Å². The van der Waals surface area contributed by atoms with Gasteiger partial charge in [-0.25, -0.2) is 4.79 Å². The molecule has 2 N–H and O–H groups in total. The number of esters is 1. The molecular formula is C21H23N3O2. The van der Waals surface area contributed by atoms with Crippen LogP contribution in [0.5, 0.6) is 0 Å². The molecule has 0 aromatic heterocycles. The fourth-order valence-corrected chi connectivity index (χ4v) is 2.97. The molecule has 0 fully saturated rings. The van der Waals surface area contributed by atoms with Gasteiger partial charge in [0.25, 0.3) is 0 Å². The topological polar surface area (TPSA) is 62.7 Å². The van der Waals surface area contributed by atoms with E-state index in [0.29, 0.717) is 23.8 Å². The summed E-state index contributed by atoms with van der Waals surface area (Å²) < 4.78 is 5.36. The molecule has 5 nitrogen and oxygen atoms in total. The highest BCUT2D eigenvalue weighted by Gasteiger charge is 2.33. The van der Waals surface area contributed by atoms with Crippen molar-refractivity contribution in [3.05, 3.63) is 76.9 Å². The molecule has 2 aromatic carbocycles. The summed E-state index contributed by atoms with van der Waals surface area (Å²) in [5.74, 6) is 0.273. The summed E-state index contributed by atoms with van der Waals surface area (Å²) in [5, 5.41) is 6.55. The zero-order chi connectivity index (χ0) is 18.5. The van der Waals surface area contributed by atoms with Crippen molar-refractivity contribution in [3.8, 4) is 0 Å². The van der Waals surface area contributed by atoms with Crippen LogP contribution in [-0.4, -0.2) is 25.6 Å². The summed E-state index contributed by atoms with van der Waals surface area (Å²) in [6.45, 7) is 4.17. The van der Waals surface area contributed by atoms with Crippen LogP contribution in [0.1, 0.15) is 29.7 Å². The number of rotatable bonds is 4. The maximum Gasteiger partial charge on any atom is 0.338 e. The Kier molecular flexibility index (Phi) is 5.37. The highest BCUT2D eigenvalue weighted by atomic mass is 16.5. The van der Waals surface area contributed by atoms with Gasteiger partial charge in [-0.05, 0) is 25.0 Å². The quantitative estimate of drug-likeness (QED) is 0.832. The third-order valence-corrected chi connectivity index (χ3v) is 4.27. The van der Waals surface area contributed by atoms with Crippen molar-refractivity contribution in [2.45, 2.75) is 19.9 Å². The van der Waals surface area contributed by atoms with E-state index in [0.717, 1.165) is 16.7 Å². The highest BCUT2D eigenvalue weighted by Crippen LogP contribution is 2.32. The Labute approximate surface area is 153 Å². The molecule has 134 valence electrons. The second-order valence-corrected chi connectivity index (χ2v) is 6.06. The van der Waals surface area contributed by atoms with Crippen LogP contribution >= 0.6 is 0 Å². The summed E-state index contributed by atoms with van der Waals surface area (Å²) in [7, 11) is 1.71. The summed E-state index contributed by atoms with van der Waals surface area (Å²) in [5.41, 5.74) is 4.32. The van der Waals surface area contributed by atoms with Gasteiger partial charge in [0.2, 0.25) is 0 Å². The van der Waals surface area contributed by atoms with Gasteiger partial charge in [-0.1, -0.05) is 60.2 Å². The number of hydrogen-bond donors (Lipinski definition) is 2. The molecule has 0 spiro atoms. The number of aryl methyl sites for hydroxylation is 1. The molecule has 0 bridgehead atoms. The molecule has 0 amide bonds. The Bertz CT molecular complexity index is 839. The molecule has 2 aromatic rings. The molecule has 1 aliphatic rings. The van der Waals surface area contributed by atoms with E-state index in [2.05, 4.69) is 15.6 Å². The first-order valence-corrected chi connectivity index (χ1v) is 8.67. The number of carbonyl (C=O) groups is 1. The van der Waals surface area contributed by atoms with Gasteiger partial charge in [0.15, 0.2) is 5.96 Å². The van der Waals surface area contributed by atoms with E-state index in [-0.39, 0.29) is 12.0 Å². The molecule has 3 rings (SSSR count). The van der Waals surface area contributed by atoms with Gasteiger partial charge in [0.05, 0.1) is 23.9 Å². The Balaban J connectivity index is 2.19. The van der Waals surface area contributed by atoms with Crippen molar-refractivity contribution in [1.29, 1.82) is 0 Å². The normalized spacial score (nSPS) is 18.3. The third-order valence-electron chi connectivity index (χ3n) is 4.27. The van der Waals surface area contributed by atoms with Crippen LogP contribution in [0.15, 0.2) is 65.2 Å². The second kappa shape index (κ2) is 7.87.